The van der Waals surface area contributed by atoms with Crippen molar-refractivity contribution in [2.24, 2.45) is 0 Å². The van der Waals surface area contributed by atoms with Gasteiger partial charge in [0, 0.05) is 11.8 Å². The molecule has 19 heavy (non-hydrogen) atoms. The second-order valence-electron chi connectivity index (χ2n) is 3.86. The zero-order valence-electron chi connectivity index (χ0n) is 11.0. The van der Waals surface area contributed by atoms with Gasteiger partial charge in [-0.1, -0.05) is 13.0 Å². The molecule has 1 aromatic carbocycles. The molecule has 0 aliphatic carbocycles. The molecule has 6 nitrogen and oxygen atoms in total. The predicted octanol–water partition coefficient (Wildman–Crippen LogP) is 2.07. The topological polar surface area (TPSA) is 87.7 Å². The average Bonchev–Trinajstić information content (AvgIpc) is 2.36. The van der Waals surface area contributed by atoms with Gasteiger partial charge in [0.2, 0.25) is 0 Å². The first-order valence-corrected chi connectivity index (χ1v) is 6.10. The van der Waals surface area contributed by atoms with E-state index in [4.69, 9.17) is 9.84 Å². The summed E-state index contributed by atoms with van der Waals surface area (Å²) in [5.41, 5.74) is 0.545. The molecule has 104 valence electrons. The van der Waals surface area contributed by atoms with Crippen molar-refractivity contribution in [3.63, 3.8) is 0 Å². The molecule has 0 saturated heterocycles. The first-order valence-electron chi connectivity index (χ1n) is 6.10. The van der Waals surface area contributed by atoms with Gasteiger partial charge in [0.15, 0.2) is 0 Å². The van der Waals surface area contributed by atoms with Gasteiger partial charge >= 0.3 is 12.0 Å². The molecule has 0 heterocycles. The fourth-order valence-corrected chi connectivity index (χ4v) is 1.49. The lowest BCUT2D eigenvalue weighted by atomic mass is 10.2. The van der Waals surface area contributed by atoms with Crippen LogP contribution >= 0.6 is 0 Å². The van der Waals surface area contributed by atoms with Crippen LogP contribution in [0.5, 0.6) is 5.75 Å². The maximum Gasteiger partial charge on any atom is 0.326 e. The summed E-state index contributed by atoms with van der Waals surface area (Å²) >= 11 is 0. The van der Waals surface area contributed by atoms with Gasteiger partial charge in [0.25, 0.3) is 0 Å². The van der Waals surface area contributed by atoms with E-state index >= 15 is 0 Å². The second-order valence-corrected chi connectivity index (χ2v) is 3.86. The zero-order chi connectivity index (χ0) is 14.3. The van der Waals surface area contributed by atoms with Crippen molar-refractivity contribution < 1.29 is 19.4 Å². The van der Waals surface area contributed by atoms with E-state index < -0.39 is 18.0 Å². The Kier molecular flexibility index (Phi) is 5.66. The van der Waals surface area contributed by atoms with E-state index in [0.29, 0.717) is 24.5 Å². The fraction of sp³-hybridized carbons (Fsp3) is 0.385. The molecule has 1 atom stereocenters. The lowest BCUT2D eigenvalue weighted by Gasteiger charge is -2.13. The van der Waals surface area contributed by atoms with Crippen LogP contribution in [-0.4, -0.2) is 29.8 Å². The number of carbonyl (C=O) groups is 2. The minimum Gasteiger partial charge on any atom is -0.494 e. The van der Waals surface area contributed by atoms with E-state index in [-0.39, 0.29) is 0 Å². The zero-order valence-corrected chi connectivity index (χ0v) is 11.0. The normalized spacial score (nSPS) is 11.5. The van der Waals surface area contributed by atoms with Crippen LogP contribution in [0.2, 0.25) is 0 Å². The summed E-state index contributed by atoms with van der Waals surface area (Å²) in [5, 5.41) is 13.8. The van der Waals surface area contributed by atoms with E-state index in [2.05, 4.69) is 10.6 Å². The summed E-state index contributed by atoms with van der Waals surface area (Å²) < 4.78 is 5.30. The van der Waals surface area contributed by atoms with E-state index in [1.807, 2.05) is 6.92 Å². The highest BCUT2D eigenvalue weighted by atomic mass is 16.5. The van der Waals surface area contributed by atoms with Gasteiger partial charge in [-0.2, -0.15) is 0 Å². The SMILES string of the molecule is CCOc1cccc(NC(=O)N[C@@H](CC)C(=O)O)c1. The van der Waals surface area contributed by atoms with Gasteiger partial charge in [-0.15, -0.1) is 0 Å². The monoisotopic (exact) mass is 266 g/mol. The Morgan fingerprint density at radius 1 is 1.37 bits per heavy atom. The lowest BCUT2D eigenvalue weighted by Crippen LogP contribution is -2.42. The predicted molar refractivity (Wildman–Crippen MR) is 71.5 cm³/mol. The Morgan fingerprint density at radius 2 is 2.11 bits per heavy atom. The van der Waals surface area contributed by atoms with E-state index in [1.165, 1.54) is 0 Å². The van der Waals surface area contributed by atoms with Crippen molar-refractivity contribution in [2.45, 2.75) is 26.3 Å². The van der Waals surface area contributed by atoms with Crippen molar-refractivity contribution >= 4 is 17.7 Å². The number of benzene rings is 1. The summed E-state index contributed by atoms with van der Waals surface area (Å²) in [6.07, 6.45) is 0.321. The Labute approximate surface area is 111 Å². The van der Waals surface area contributed by atoms with E-state index in [0.717, 1.165) is 0 Å². The number of ether oxygens (including phenoxy) is 1. The Bertz CT molecular complexity index is 448. The first-order chi connectivity index (χ1) is 9.06. The Hall–Kier alpha value is -2.24. The molecule has 0 aliphatic heterocycles. The van der Waals surface area contributed by atoms with E-state index in [9.17, 15) is 9.59 Å². The van der Waals surface area contributed by atoms with Crippen molar-refractivity contribution in [3.05, 3.63) is 24.3 Å². The number of hydrogen-bond donors (Lipinski definition) is 3. The average molecular weight is 266 g/mol. The Morgan fingerprint density at radius 3 is 2.68 bits per heavy atom. The van der Waals surface area contributed by atoms with Crippen molar-refractivity contribution in [3.8, 4) is 5.75 Å². The fourth-order valence-electron chi connectivity index (χ4n) is 1.49. The number of aliphatic carboxylic acids is 1. The van der Waals surface area contributed by atoms with Crippen molar-refractivity contribution in [1.82, 2.24) is 5.32 Å². The summed E-state index contributed by atoms with van der Waals surface area (Å²) in [7, 11) is 0. The highest BCUT2D eigenvalue weighted by Gasteiger charge is 2.17. The van der Waals surface area contributed by atoms with Gasteiger partial charge in [-0.05, 0) is 25.5 Å². The van der Waals surface area contributed by atoms with Gasteiger partial charge in [0.05, 0.1) is 6.61 Å². The molecule has 0 bridgehead atoms. The molecule has 3 N–H and O–H groups in total. The molecule has 0 fully saturated rings. The Balaban J connectivity index is 2.61. The molecule has 2 amide bonds. The van der Waals surface area contributed by atoms with Crippen LogP contribution in [0.3, 0.4) is 0 Å². The van der Waals surface area contributed by atoms with Crippen LogP contribution in [0.4, 0.5) is 10.5 Å². The highest BCUT2D eigenvalue weighted by Crippen LogP contribution is 2.17. The van der Waals surface area contributed by atoms with Crippen LogP contribution in [-0.2, 0) is 4.79 Å². The number of carboxylic acid groups (broad SMARTS) is 1. The van der Waals surface area contributed by atoms with Gasteiger partial charge in [-0.25, -0.2) is 9.59 Å². The number of carbonyl (C=O) groups excluding carboxylic acids is 1. The molecule has 0 unspecified atom stereocenters. The molecular formula is C13H18N2O4. The molecule has 1 rings (SSSR count). The van der Waals surface area contributed by atoms with Gasteiger partial charge in [0.1, 0.15) is 11.8 Å². The molecule has 0 aliphatic rings. The molecule has 6 heteroatoms. The largest absolute Gasteiger partial charge is 0.494 e. The molecule has 0 aromatic heterocycles. The molecule has 1 aromatic rings. The summed E-state index contributed by atoms with van der Waals surface area (Å²) in [5.74, 6) is -0.411. The second kappa shape index (κ2) is 7.25. The molecule has 0 saturated carbocycles. The van der Waals surface area contributed by atoms with Crippen LogP contribution < -0.4 is 15.4 Å². The smallest absolute Gasteiger partial charge is 0.326 e. The number of rotatable bonds is 6. The van der Waals surface area contributed by atoms with Crippen LogP contribution in [0.1, 0.15) is 20.3 Å². The van der Waals surface area contributed by atoms with Gasteiger partial charge < -0.3 is 20.5 Å². The number of carboxylic acids is 1. The molecular weight excluding hydrogens is 248 g/mol. The highest BCUT2D eigenvalue weighted by molar-refractivity contribution is 5.92. The van der Waals surface area contributed by atoms with Gasteiger partial charge in [-0.3, -0.25) is 0 Å². The third-order valence-electron chi connectivity index (χ3n) is 2.41. The third-order valence-corrected chi connectivity index (χ3v) is 2.41. The number of hydrogen-bond acceptors (Lipinski definition) is 3. The minimum atomic E-state index is -1.05. The molecule has 0 spiro atoms. The van der Waals surface area contributed by atoms with Crippen molar-refractivity contribution in [2.75, 3.05) is 11.9 Å². The number of anilines is 1. The standard InChI is InChI=1S/C13H18N2O4/c1-3-11(12(16)17)15-13(18)14-9-6-5-7-10(8-9)19-4-2/h5-8,11H,3-4H2,1-2H3,(H,16,17)(H2,14,15,18)/t11-/m0/s1. The van der Waals surface area contributed by atoms with Crippen molar-refractivity contribution in [1.29, 1.82) is 0 Å². The summed E-state index contributed by atoms with van der Waals surface area (Å²) in [6, 6.07) is 5.44. The quantitative estimate of drug-likeness (QED) is 0.735. The van der Waals surface area contributed by atoms with Crippen LogP contribution in [0.15, 0.2) is 24.3 Å². The number of urea groups is 1. The van der Waals surface area contributed by atoms with E-state index in [1.54, 1.807) is 31.2 Å². The third kappa shape index (κ3) is 4.87. The maximum absolute atomic E-state index is 11.6. The maximum atomic E-state index is 11.6. The first kappa shape index (κ1) is 14.8. The molecule has 0 radical (unpaired) electrons. The minimum absolute atomic E-state index is 0.321. The summed E-state index contributed by atoms with van der Waals surface area (Å²) in [4.78, 5) is 22.4. The number of amides is 2. The lowest BCUT2D eigenvalue weighted by molar-refractivity contribution is -0.139. The van der Waals surface area contributed by atoms with Crippen LogP contribution in [0.25, 0.3) is 0 Å². The van der Waals surface area contributed by atoms with Crippen LogP contribution in [0, 0.1) is 0 Å². The summed E-state index contributed by atoms with van der Waals surface area (Å²) in [6.45, 7) is 4.09. The number of nitrogens with one attached hydrogen (secondary N) is 2.